The Kier molecular flexibility index (Phi) is 1.59. The molecule has 0 aliphatic rings. The van der Waals surface area contributed by atoms with Crippen LogP contribution < -0.4 is 5.73 Å². The predicted molar refractivity (Wildman–Crippen MR) is 32.0 cm³/mol. The molecule has 0 aliphatic heterocycles. The summed E-state index contributed by atoms with van der Waals surface area (Å²) < 4.78 is 4.28. The van der Waals surface area contributed by atoms with Crippen molar-refractivity contribution >= 4 is 11.9 Å². The summed E-state index contributed by atoms with van der Waals surface area (Å²) >= 11 is 0. The van der Waals surface area contributed by atoms with Gasteiger partial charge in [-0.1, -0.05) is 5.16 Å². The van der Waals surface area contributed by atoms with Crippen molar-refractivity contribution in [1.29, 1.82) is 0 Å². The van der Waals surface area contributed by atoms with E-state index in [2.05, 4.69) is 9.68 Å². The van der Waals surface area contributed by atoms with Gasteiger partial charge in [-0.15, -0.1) is 0 Å². The second kappa shape index (κ2) is 2.41. The highest BCUT2D eigenvalue weighted by molar-refractivity contribution is 5.93. The standard InChI is InChI=1S/C5H4N2O4/c6-4(8)3-1-2(5(9)10)7-11-3/h1H,(H2,6,8)(H,9,10). The number of carboxylic acids is 1. The van der Waals surface area contributed by atoms with Crippen molar-refractivity contribution in [1.82, 2.24) is 5.16 Å². The van der Waals surface area contributed by atoms with E-state index in [9.17, 15) is 9.59 Å². The Labute approximate surface area is 60.6 Å². The summed E-state index contributed by atoms with van der Waals surface area (Å²) in [6, 6.07) is 0.963. The van der Waals surface area contributed by atoms with Gasteiger partial charge in [0, 0.05) is 6.07 Å². The van der Waals surface area contributed by atoms with Gasteiger partial charge in [-0.25, -0.2) is 4.79 Å². The quantitative estimate of drug-likeness (QED) is 0.598. The summed E-state index contributed by atoms with van der Waals surface area (Å²) in [5.41, 5.74) is 4.43. The van der Waals surface area contributed by atoms with E-state index >= 15 is 0 Å². The number of hydrogen-bond acceptors (Lipinski definition) is 4. The summed E-state index contributed by atoms with van der Waals surface area (Å²) in [7, 11) is 0. The van der Waals surface area contributed by atoms with Gasteiger partial charge in [0.1, 0.15) is 0 Å². The van der Waals surface area contributed by atoms with Crippen LogP contribution in [-0.2, 0) is 0 Å². The fourth-order valence-electron chi connectivity index (χ4n) is 0.492. The number of carbonyl (C=O) groups is 2. The van der Waals surface area contributed by atoms with E-state index in [-0.39, 0.29) is 11.5 Å². The van der Waals surface area contributed by atoms with E-state index in [0.29, 0.717) is 0 Å². The van der Waals surface area contributed by atoms with Crippen LogP contribution in [0.25, 0.3) is 0 Å². The van der Waals surface area contributed by atoms with Gasteiger partial charge in [-0.3, -0.25) is 4.79 Å². The normalized spacial score (nSPS) is 9.45. The monoisotopic (exact) mass is 156 g/mol. The first kappa shape index (κ1) is 7.26. The van der Waals surface area contributed by atoms with Gasteiger partial charge in [0.15, 0.2) is 5.69 Å². The van der Waals surface area contributed by atoms with E-state index in [1.54, 1.807) is 0 Å². The zero-order valence-electron chi connectivity index (χ0n) is 5.27. The topological polar surface area (TPSA) is 106 Å². The number of hydrogen-bond donors (Lipinski definition) is 2. The van der Waals surface area contributed by atoms with Crippen LogP contribution in [0.1, 0.15) is 21.0 Å². The van der Waals surface area contributed by atoms with Gasteiger partial charge in [-0.2, -0.15) is 0 Å². The molecule has 0 spiro atoms. The predicted octanol–water partition coefficient (Wildman–Crippen LogP) is -0.528. The second-order valence-electron chi connectivity index (χ2n) is 1.75. The van der Waals surface area contributed by atoms with Crippen LogP contribution in [0.4, 0.5) is 0 Å². The molecule has 0 atom stereocenters. The number of nitrogens with zero attached hydrogens (tertiary/aromatic N) is 1. The van der Waals surface area contributed by atoms with Crippen LogP contribution in [0, 0.1) is 0 Å². The number of carboxylic acid groups (broad SMARTS) is 1. The summed E-state index contributed by atoms with van der Waals surface area (Å²) in [5.74, 6) is -2.37. The van der Waals surface area contributed by atoms with Gasteiger partial charge in [0.05, 0.1) is 0 Å². The molecule has 0 radical (unpaired) electrons. The molecular formula is C5H4N2O4. The molecule has 3 N–H and O–H groups in total. The van der Waals surface area contributed by atoms with Crippen LogP contribution in [0.3, 0.4) is 0 Å². The summed E-state index contributed by atoms with van der Waals surface area (Å²) in [6.07, 6.45) is 0. The Bertz CT molecular complexity index is 275. The third-order valence-electron chi connectivity index (χ3n) is 0.972. The van der Waals surface area contributed by atoms with Gasteiger partial charge < -0.3 is 15.4 Å². The molecule has 11 heavy (non-hydrogen) atoms. The van der Waals surface area contributed by atoms with E-state index in [1.807, 2.05) is 0 Å². The van der Waals surface area contributed by atoms with E-state index < -0.39 is 11.9 Å². The maximum atomic E-state index is 10.3. The SMILES string of the molecule is NC(=O)c1cc(C(=O)O)no1. The molecule has 0 aromatic carbocycles. The maximum absolute atomic E-state index is 10.3. The molecular weight excluding hydrogens is 152 g/mol. The summed E-state index contributed by atoms with van der Waals surface area (Å²) in [6.45, 7) is 0. The Morgan fingerprint density at radius 3 is 2.55 bits per heavy atom. The summed E-state index contributed by atoms with van der Waals surface area (Å²) in [5, 5.41) is 11.4. The van der Waals surface area contributed by atoms with Crippen LogP contribution in [0.5, 0.6) is 0 Å². The van der Waals surface area contributed by atoms with Crippen molar-refractivity contribution < 1.29 is 19.2 Å². The van der Waals surface area contributed by atoms with Crippen LogP contribution in [0.15, 0.2) is 10.6 Å². The minimum Gasteiger partial charge on any atom is -0.476 e. The van der Waals surface area contributed by atoms with Gasteiger partial charge in [0.25, 0.3) is 5.91 Å². The smallest absolute Gasteiger partial charge is 0.358 e. The van der Waals surface area contributed by atoms with Crippen molar-refractivity contribution in [2.75, 3.05) is 0 Å². The lowest BCUT2D eigenvalue weighted by atomic mass is 10.3. The number of amides is 1. The third-order valence-corrected chi connectivity index (χ3v) is 0.972. The molecule has 1 heterocycles. The van der Waals surface area contributed by atoms with Gasteiger partial charge in [0.2, 0.25) is 5.76 Å². The van der Waals surface area contributed by atoms with Crippen molar-refractivity contribution in [3.05, 3.63) is 17.5 Å². The first-order valence-electron chi connectivity index (χ1n) is 2.61. The fraction of sp³-hybridized carbons (Fsp3) is 0. The molecule has 1 aromatic heterocycles. The molecule has 58 valence electrons. The third kappa shape index (κ3) is 1.34. The van der Waals surface area contributed by atoms with Crippen molar-refractivity contribution in [3.63, 3.8) is 0 Å². The molecule has 0 saturated heterocycles. The highest BCUT2D eigenvalue weighted by Gasteiger charge is 2.13. The first-order chi connectivity index (χ1) is 5.11. The Balaban J connectivity index is 2.99. The van der Waals surface area contributed by atoms with Crippen molar-refractivity contribution in [2.45, 2.75) is 0 Å². The van der Waals surface area contributed by atoms with Gasteiger partial charge >= 0.3 is 5.97 Å². The van der Waals surface area contributed by atoms with E-state index in [1.165, 1.54) is 0 Å². The zero-order valence-corrected chi connectivity index (χ0v) is 5.27. The lowest BCUT2D eigenvalue weighted by Gasteiger charge is -1.78. The highest BCUT2D eigenvalue weighted by atomic mass is 16.5. The van der Waals surface area contributed by atoms with Crippen molar-refractivity contribution in [2.24, 2.45) is 5.73 Å². The van der Waals surface area contributed by atoms with E-state index in [0.717, 1.165) is 6.07 Å². The molecule has 0 fully saturated rings. The fourth-order valence-corrected chi connectivity index (χ4v) is 0.492. The number of nitrogens with two attached hydrogens (primary N) is 1. The molecule has 0 saturated carbocycles. The number of primary amides is 1. The van der Waals surface area contributed by atoms with Gasteiger partial charge in [-0.05, 0) is 0 Å². The molecule has 1 rings (SSSR count). The molecule has 6 nitrogen and oxygen atoms in total. The van der Waals surface area contributed by atoms with Crippen molar-refractivity contribution in [3.8, 4) is 0 Å². The molecule has 0 unspecified atom stereocenters. The average molecular weight is 156 g/mol. The number of rotatable bonds is 2. The Morgan fingerprint density at radius 2 is 2.27 bits per heavy atom. The molecule has 1 amide bonds. The average Bonchev–Trinajstić information content (AvgIpc) is 2.33. The molecule has 0 bridgehead atoms. The highest BCUT2D eigenvalue weighted by Crippen LogP contribution is 2.01. The lowest BCUT2D eigenvalue weighted by Crippen LogP contribution is -2.09. The molecule has 0 aliphatic carbocycles. The van der Waals surface area contributed by atoms with Crippen LogP contribution in [-0.4, -0.2) is 22.1 Å². The minimum atomic E-state index is -1.26. The second-order valence-corrected chi connectivity index (χ2v) is 1.75. The zero-order chi connectivity index (χ0) is 8.43. The van der Waals surface area contributed by atoms with Crippen LogP contribution in [0.2, 0.25) is 0 Å². The first-order valence-corrected chi connectivity index (χ1v) is 2.61. The molecule has 1 aromatic rings. The number of aromatic nitrogens is 1. The van der Waals surface area contributed by atoms with Crippen LogP contribution >= 0.6 is 0 Å². The van der Waals surface area contributed by atoms with E-state index in [4.69, 9.17) is 10.8 Å². The number of aromatic carboxylic acids is 1. The minimum absolute atomic E-state index is 0.262. The number of carbonyl (C=O) groups excluding carboxylic acids is 1. The molecule has 6 heteroatoms. The largest absolute Gasteiger partial charge is 0.476 e. The lowest BCUT2D eigenvalue weighted by molar-refractivity contribution is 0.0684. The summed E-state index contributed by atoms with van der Waals surface area (Å²) in [4.78, 5) is 20.5. The Hall–Kier alpha value is -1.85. The Morgan fingerprint density at radius 1 is 1.64 bits per heavy atom. The maximum Gasteiger partial charge on any atom is 0.358 e.